The summed E-state index contributed by atoms with van der Waals surface area (Å²) in [5.41, 5.74) is 6.21. The normalized spacial score (nSPS) is 15.0. The van der Waals surface area contributed by atoms with Crippen molar-refractivity contribution in [3.05, 3.63) is 42.0 Å². The van der Waals surface area contributed by atoms with E-state index in [1.165, 1.54) is 44.3 Å². The quantitative estimate of drug-likeness (QED) is 0.133. The fraction of sp³-hybridized carbons (Fsp3) is 0.333. The molecule has 3 atom stereocenters. The Morgan fingerprint density at radius 1 is 0.974 bits per heavy atom. The Hall–Kier alpha value is -4.92. The van der Waals surface area contributed by atoms with Crippen LogP contribution >= 0.6 is 0 Å². The van der Waals surface area contributed by atoms with Gasteiger partial charge in [0, 0.05) is 37.1 Å². The van der Waals surface area contributed by atoms with E-state index in [-0.39, 0.29) is 18.8 Å². The summed E-state index contributed by atoms with van der Waals surface area (Å²) < 4.78 is 0. The average molecular weight is 544 g/mol. The van der Waals surface area contributed by atoms with E-state index >= 15 is 0 Å². The summed E-state index contributed by atoms with van der Waals surface area (Å²) >= 11 is 0. The number of aliphatic imine (C=N–C) groups is 1. The molecule has 0 saturated carbocycles. The highest BCUT2D eigenvalue weighted by molar-refractivity contribution is 6.12. The Labute approximate surface area is 222 Å². The number of carbonyl (C=O) groups excluding carboxylic acids is 6. The SMILES string of the molecule is CC(N)C(=O)NC(C)C(=O)NC(CC(=O)O)C(=O)Nc1ccc(/C=N/C(=O)NCCN2C(=O)C=CC2=O)cc1. The van der Waals surface area contributed by atoms with Gasteiger partial charge >= 0.3 is 12.0 Å². The first-order chi connectivity index (χ1) is 18.4. The first kappa shape index (κ1) is 30.3. The molecule has 208 valence electrons. The van der Waals surface area contributed by atoms with Crippen LogP contribution in [0.25, 0.3) is 0 Å². The number of anilines is 1. The lowest BCUT2D eigenvalue weighted by molar-refractivity contribution is -0.140. The molecule has 15 nitrogen and oxygen atoms in total. The fourth-order valence-corrected chi connectivity index (χ4v) is 3.08. The third-order valence-corrected chi connectivity index (χ3v) is 5.20. The van der Waals surface area contributed by atoms with E-state index in [9.17, 15) is 33.6 Å². The van der Waals surface area contributed by atoms with Gasteiger partial charge in [-0.05, 0) is 31.5 Å². The highest BCUT2D eigenvalue weighted by atomic mass is 16.4. The Bertz CT molecular complexity index is 1180. The minimum Gasteiger partial charge on any atom is -0.481 e. The number of amides is 7. The number of nitrogens with zero attached hydrogens (tertiary/aromatic N) is 2. The lowest BCUT2D eigenvalue weighted by Gasteiger charge is -2.20. The zero-order valence-electron chi connectivity index (χ0n) is 21.2. The van der Waals surface area contributed by atoms with Gasteiger partial charge in [-0.3, -0.25) is 33.7 Å². The van der Waals surface area contributed by atoms with Crippen LogP contribution in [0.2, 0.25) is 0 Å². The summed E-state index contributed by atoms with van der Waals surface area (Å²) in [7, 11) is 0. The third kappa shape index (κ3) is 9.81. The molecular weight excluding hydrogens is 514 g/mol. The molecule has 1 aliphatic heterocycles. The highest BCUT2D eigenvalue weighted by Crippen LogP contribution is 2.10. The number of hydrogen-bond donors (Lipinski definition) is 6. The molecule has 0 fully saturated rings. The van der Waals surface area contributed by atoms with Crippen LogP contribution < -0.4 is 27.0 Å². The third-order valence-electron chi connectivity index (χ3n) is 5.20. The molecule has 0 radical (unpaired) electrons. The maximum Gasteiger partial charge on any atom is 0.340 e. The first-order valence-electron chi connectivity index (χ1n) is 11.7. The second kappa shape index (κ2) is 14.1. The van der Waals surface area contributed by atoms with Crippen LogP contribution in [0.3, 0.4) is 0 Å². The molecule has 3 unspecified atom stereocenters. The van der Waals surface area contributed by atoms with Crippen LogP contribution in [0.4, 0.5) is 10.5 Å². The van der Waals surface area contributed by atoms with Crippen LogP contribution in [0.1, 0.15) is 25.8 Å². The van der Waals surface area contributed by atoms with E-state index in [1.807, 2.05) is 0 Å². The molecule has 39 heavy (non-hydrogen) atoms. The Kier molecular flexibility index (Phi) is 11.0. The van der Waals surface area contributed by atoms with Gasteiger partial charge in [-0.15, -0.1) is 0 Å². The predicted octanol–water partition coefficient (Wildman–Crippen LogP) is -1.51. The number of carboxylic acids is 1. The van der Waals surface area contributed by atoms with Gasteiger partial charge in [0.25, 0.3) is 11.8 Å². The van der Waals surface area contributed by atoms with Crippen LogP contribution in [0.15, 0.2) is 41.4 Å². The standard InChI is InChI=1S/C24H29N7O8/c1-13(25)21(36)28-14(2)22(37)30-17(11-20(34)35)23(38)29-16-5-3-15(4-6-16)12-27-24(39)26-9-10-31-18(32)7-8-19(31)33/h3-8,12-14,17H,9-11,25H2,1-2H3,(H,26,39)(H,28,36)(H,29,38)(H,30,37)(H,34,35)/b27-12+. The maximum absolute atomic E-state index is 12.6. The molecule has 1 aliphatic rings. The highest BCUT2D eigenvalue weighted by Gasteiger charge is 2.27. The van der Waals surface area contributed by atoms with Gasteiger partial charge < -0.3 is 32.1 Å². The van der Waals surface area contributed by atoms with Gasteiger partial charge in [0.1, 0.15) is 12.1 Å². The fourth-order valence-electron chi connectivity index (χ4n) is 3.08. The number of urea groups is 1. The monoisotopic (exact) mass is 543 g/mol. The second-order valence-electron chi connectivity index (χ2n) is 8.44. The van der Waals surface area contributed by atoms with Gasteiger partial charge in [-0.1, -0.05) is 12.1 Å². The molecule has 15 heteroatoms. The molecular formula is C24H29N7O8. The number of carbonyl (C=O) groups is 7. The summed E-state index contributed by atoms with van der Waals surface area (Å²) in [5.74, 6) is -4.41. The molecule has 1 aromatic rings. The lowest BCUT2D eigenvalue weighted by atomic mass is 10.1. The molecule has 0 saturated heterocycles. The Balaban J connectivity index is 1.89. The summed E-state index contributed by atoms with van der Waals surface area (Å²) in [6.07, 6.45) is 2.83. The summed E-state index contributed by atoms with van der Waals surface area (Å²) in [4.78, 5) is 87.4. The van der Waals surface area contributed by atoms with Crippen LogP contribution in [-0.2, 0) is 28.8 Å². The zero-order chi connectivity index (χ0) is 29.1. The minimum atomic E-state index is -1.43. The second-order valence-corrected chi connectivity index (χ2v) is 8.44. The van der Waals surface area contributed by atoms with Crippen molar-refractivity contribution in [3.8, 4) is 0 Å². The average Bonchev–Trinajstić information content (AvgIpc) is 3.19. The number of aliphatic carboxylic acids is 1. The number of rotatable bonds is 12. The molecule has 0 aliphatic carbocycles. The van der Waals surface area contributed by atoms with Crippen molar-refractivity contribution in [2.45, 2.75) is 38.4 Å². The van der Waals surface area contributed by atoms with Gasteiger partial charge in [-0.2, -0.15) is 0 Å². The predicted molar refractivity (Wildman–Crippen MR) is 137 cm³/mol. The summed E-state index contributed by atoms with van der Waals surface area (Å²) in [5, 5.41) is 18.7. The van der Waals surface area contributed by atoms with E-state index in [0.717, 1.165) is 17.1 Å². The van der Waals surface area contributed by atoms with Gasteiger partial charge in [-0.25, -0.2) is 9.79 Å². The summed E-state index contributed by atoms with van der Waals surface area (Å²) in [6.45, 7) is 2.81. The smallest absolute Gasteiger partial charge is 0.340 e. The molecule has 2 rings (SSSR count). The van der Waals surface area contributed by atoms with Crippen LogP contribution in [-0.4, -0.2) is 89.0 Å². The van der Waals surface area contributed by atoms with Crippen molar-refractivity contribution in [3.63, 3.8) is 0 Å². The van der Waals surface area contributed by atoms with E-state index in [0.29, 0.717) is 5.56 Å². The summed E-state index contributed by atoms with van der Waals surface area (Å²) in [6, 6.07) is 1.93. The molecule has 0 aromatic heterocycles. The topological polar surface area (TPSA) is 229 Å². The Morgan fingerprint density at radius 3 is 2.15 bits per heavy atom. The van der Waals surface area contributed by atoms with E-state index in [1.54, 1.807) is 0 Å². The number of carboxylic acid groups (broad SMARTS) is 1. The number of nitrogens with two attached hydrogens (primary N) is 1. The molecule has 7 amide bonds. The number of nitrogens with one attached hydrogen (secondary N) is 4. The molecule has 1 aromatic carbocycles. The van der Waals surface area contributed by atoms with Gasteiger partial charge in [0.15, 0.2) is 0 Å². The molecule has 0 bridgehead atoms. The van der Waals surface area contributed by atoms with Gasteiger partial charge in [0.2, 0.25) is 17.7 Å². The molecule has 0 spiro atoms. The van der Waals surface area contributed by atoms with Crippen molar-refractivity contribution in [2.24, 2.45) is 10.7 Å². The maximum atomic E-state index is 12.6. The number of hydrogen-bond acceptors (Lipinski definition) is 8. The van der Waals surface area contributed by atoms with E-state index in [2.05, 4.69) is 26.3 Å². The van der Waals surface area contributed by atoms with Crippen molar-refractivity contribution >= 4 is 53.4 Å². The van der Waals surface area contributed by atoms with Crippen molar-refractivity contribution < 1.29 is 38.7 Å². The van der Waals surface area contributed by atoms with Crippen molar-refractivity contribution in [2.75, 3.05) is 18.4 Å². The van der Waals surface area contributed by atoms with E-state index in [4.69, 9.17) is 10.8 Å². The molecule has 1 heterocycles. The molecule has 7 N–H and O–H groups in total. The van der Waals surface area contributed by atoms with Crippen molar-refractivity contribution in [1.82, 2.24) is 20.9 Å². The Morgan fingerprint density at radius 2 is 1.59 bits per heavy atom. The van der Waals surface area contributed by atoms with Crippen LogP contribution in [0.5, 0.6) is 0 Å². The van der Waals surface area contributed by atoms with Gasteiger partial charge in [0.05, 0.1) is 12.5 Å². The van der Waals surface area contributed by atoms with Crippen molar-refractivity contribution in [1.29, 1.82) is 0 Å². The van der Waals surface area contributed by atoms with Crippen LogP contribution in [0, 0.1) is 0 Å². The zero-order valence-corrected chi connectivity index (χ0v) is 21.2. The lowest BCUT2D eigenvalue weighted by Crippen LogP contribution is -2.54. The first-order valence-corrected chi connectivity index (χ1v) is 11.7. The largest absolute Gasteiger partial charge is 0.481 e. The number of imide groups is 1. The minimum absolute atomic E-state index is 0.00407. The van der Waals surface area contributed by atoms with E-state index < -0.39 is 66.1 Å². The number of benzene rings is 1.